The number of hydrogen-bond donors (Lipinski definition) is 0. The van der Waals surface area contributed by atoms with E-state index in [2.05, 4.69) is 4.98 Å². The van der Waals surface area contributed by atoms with Crippen LogP contribution in [0.5, 0.6) is 0 Å². The Hall–Kier alpha value is -1.55. The van der Waals surface area contributed by atoms with Crippen LogP contribution in [0.25, 0.3) is 0 Å². The molecule has 1 aromatic carbocycles. The van der Waals surface area contributed by atoms with Crippen molar-refractivity contribution in [3.8, 4) is 0 Å². The van der Waals surface area contributed by atoms with Gasteiger partial charge in [-0.25, -0.2) is 4.98 Å². The molecule has 5 heteroatoms. The van der Waals surface area contributed by atoms with Crippen LogP contribution < -0.4 is 0 Å². The van der Waals surface area contributed by atoms with E-state index >= 15 is 0 Å². The SMILES string of the molecule is FC(F)(F)c1cccc(CC(Cl)c2ccccc2)n1. The number of rotatable bonds is 3. The molecule has 0 spiro atoms. The average Bonchev–Trinajstić information content (AvgIpc) is 2.39. The fourth-order valence-electron chi connectivity index (χ4n) is 1.71. The van der Waals surface area contributed by atoms with Gasteiger partial charge in [0, 0.05) is 12.1 Å². The fourth-order valence-corrected chi connectivity index (χ4v) is 2.02. The third kappa shape index (κ3) is 3.70. The van der Waals surface area contributed by atoms with Gasteiger partial charge < -0.3 is 0 Å². The van der Waals surface area contributed by atoms with Crippen molar-refractivity contribution < 1.29 is 13.2 Å². The summed E-state index contributed by atoms with van der Waals surface area (Å²) in [7, 11) is 0. The van der Waals surface area contributed by atoms with Crippen LogP contribution in [-0.4, -0.2) is 4.98 Å². The Morgan fingerprint density at radius 3 is 2.32 bits per heavy atom. The molecule has 2 rings (SSSR count). The van der Waals surface area contributed by atoms with Crippen LogP contribution in [0.1, 0.15) is 22.3 Å². The molecule has 0 saturated carbocycles. The van der Waals surface area contributed by atoms with Gasteiger partial charge in [0.2, 0.25) is 0 Å². The van der Waals surface area contributed by atoms with E-state index in [1.54, 1.807) is 6.07 Å². The molecule has 0 aliphatic carbocycles. The highest BCUT2D eigenvalue weighted by Crippen LogP contribution is 2.29. The molecule has 0 aliphatic heterocycles. The van der Waals surface area contributed by atoms with Gasteiger partial charge in [-0.1, -0.05) is 36.4 Å². The summed E-state index contributed by atoms with van der Waals surface area (Å²) < 4.78 is 37.6. The molecule has 0 saturated heterocycles. The van der Waals surface area contributed by atoms with Gasteiger partial charge in [0.15, 0.2) is 0 Å². The first-order chi connectivity index (χ1) is 8.97. The maximum Gasteiger partial charge on any atom is 0.433 e. The van der Waals surface area contributed by atoms with Gasteiger partial charge in [-0.15, -0.1) is 11.6 Å². The largest absolute Gasteiger partial charge is 0.433 e. The summed E-state index contributed by atoms with van der Waals surface area (Å²) >= 11 is 6.19. The first kappa shape index (κ1) is 13.9. The van der Waals surface area contributed by atoms with Crippen molar-refractivity contribution in [3.63, 3.8) is 0 Å². The van der Waals surface area contributed by atoms with Crippen LogP contribution in [0.4, 0.5) is 13.2 Å². The zero-order valence-corrected chi connectivity index (χ0v) is 10.6. The second-order valence-electron chi connectivity index (χ2n) is 4.09. The van der Waals surface area contributed by atoms with Crippen molar-refractivity contribution >= 4 is 11.6 Å². The van der Waals surface area contributed by atoms with Crippen LogP contribution in [0.2, 0.25) is 0 Å². The summed E-state index contributed by atoms with van der Waals surface area (Å²) in [5, 5.41) is -0.391. The molecule has 0 fully saturated rings. The topological polar surface area (TPSA) is 12.9 Å². The Balaban J connectivity index is 2.16. The lowest BCUT2D eigenvalue weighted by Gasteiger charge is -2.11. The molecule has 1 unspecified atom stereocenters. The van der Waals surface area contributed by atoms with E-state index < -0.39 is 17.2 Å². The predicted octanol–water partition coefficient (Wildman–Crippen LogP) is 4.62. The van der Waals surface area contributed by atoms with Crippen LogP contribution in [-0.2, 0) is 12.6 Å². The highest BCUT2D eigenvalue weighted by atomic mass is 35.5. The first-order valence-corrected chi connectivity index (χ1v) is 6.12. The molecule has 0 amide bonds. The third-order valence-corrected chi connectivity index (χ3v) is 3.05. The Morgan fingerprint density at radius 2 is 1.68 bits per heavy atom. The van der Waals surface area contributed by atoms with E-state index in [0.717, 1.165) is 11.6 Å². The monoisotopic (exact) mass is 285 g/mol. The highest BCUT2D eigenvalue weighted by Gasteiger charge is 2.32. The Bertz CT molecular complexity index is 540. The number of halogens is 4. The standard InChI is InChI=1S/C14H11ClF3N/c15-12(10-5-2-1-3-6-10)9-11-7-4-8-13(19-11)14(16,17)18/h1-8,12H,9H2. The lowest BCUT2D eigenvalue weighted by atomic mass is 10.1. The smallest absolute Gasteiger partial charge is 0.248 e. The summed E-state index contributed by atoms with van der Waals surface area (Å²) in [5.74, 6) is 0. The van der Waals surface area contributed by atoms with Crippen molar-refractivity contribution in [1.82, 2.24) is 4.98 Å². The van der Waals surface area contributed by atoms with Crippen LogP contribution >= 0.6 is 11.6 Å². The number of aromatic nitrogens is 1. The molecular weight excluding hydrogens is 275 g/mol. The van der Waals surface area contributed by atoms with E-state index in [-0.39, 0.29) is 6.42 Å². The Labute approximate surface area is 114 Å². The summed E-state index contributed by atoms with van der Waals surface area (Å²) in [6.45, 7) is 0. The van der Waals surface area contributed by atoms with Gasteiger partial charge in [-0.2, -0.15) is 13.2 Å². The van der Waals surface area contributed by atoms with Gasteiger partial charge in [0.25, 0.3) is 0 Å². The number of pyridine rings is 1. The lowest BCUT2D eigenvalue weighted by molar-refractivity contribution is -0.141. The Kier molecular flexibility index (Phi) is 4.10. The molecule has 0 bridgehead atoms. The van der Waals surface area contributed by atoms with Gasteiger partial charge in [-0.05, 0) is 17.7 Å². The number of benzene rings is 1. The lowest BCUT2D eigenvalue weighted by Crippen LogP contribution is -2.10. The minimum Gasteiger partial charge on any atom is -0.248 e. The van der Waals surface area contributed by atoms with Crippen LogP contribution in [0, 0.1) is 0 Å². The van der Waals surface area contributed by atoms with Gasteiger partial charge in [0.1, 0.15) is 5.69 Å². The van der Waals surface area contributed by atoms with Gasteiger partial charge in [0.05, 0.1) is 5.38 Å². The van der Waals surface area contributed by atoms with Crippen LogP contribution in [0.3, 0.4) is 0 Å². The molecule has 2 aromatic rings. The summed E-state index contributed by atoms with van der Waals surface area (Å²) in [5.41, 5.74) is 0.309. The minimum absolute atomic E-state index is 0.259. The fraction of sp³-hybridized carbons (Fsp3) is 0.214. The van der Waals surface area contributed by atoms with Gasteiger partial charge >= 0.3 is 6.18 Å². The maximum atomic E-state index is 12.5. The maximum absolute atomic E-state index is 12.5. The molecule has 1 nitrogen and oxygen atoms in total. The number of alkyl halides is 4. The molecule has 0 aliphatic rings. The Morgan fingerprint density at radius 1 is 1.00 bits per heavy atom. The molecule has 0 N–H and O–H groups in total. The van der Waals surface area contributed by atoms with Crippen molar-refractivity contribution in [2.75, 3.05) is 0 Å². The van der Waals surface area contributed by atoms with Crippen molar-refractivity contribution in [3.05, 3.63) is 65.5 Å². The van der Waals surface area contributed by atoms with Crippen molar-refractivity contribution in [2.24, 2.45) is 0 Å². The third-order valence-electron chi connectivity index (χ3n) is 2.65. The molecule has 1 aromatic heterocycles. The van der Waals surface area contributed by atoms with Crippen molar-refractivity contribution in [2.45, 2.75) is 18.0 Å². The zero-order valence-electron chi connectivity index (χ0n) is 9.86. The van der Waals surface area contributed by atoms with E-state index in [1.807, 2.05) is 30.3 Å². The van der Waals surface area contributed by atoms with Gasteiger partial charge in [-0.3, -0.25) is 0 Å². The molecular formula is C14H11ClF3N. The summed E-state index contributed by atoms with van der Waals surface area (Å²) in [4.78, 5) is 3.60. The molecule has 1 atom stereocenters. The zero-order chi connectivity index (χ0) is 13.9. The predicted molar refractivity (Wildman–Crippen MR) is 68.0 cm³/mol. The molecule has 0 radical (unpaired) electrons. The second-order valence-corrected chi connectivity index (χ2v) is 4.62. The average molecular weight is 286 g/mol. The summed E-state index contributed by atoms with van der Waals surface area (Å²) in [6.07, 6.45) is -4.17. The molecule has 1 heterocycles. The quantitative estimate of drug-likeness (QED) is 0.750. The van der Waals surface area contributed by atoms with E-state index in [4.69, 9.17) is 11.6 Å². The second kappa shape index (κ2) is 5.61. The molecule has 19 heavy (non-hydrogen) atoms. The number of hydrogen-bond acceptors (Lipinski definition) is 1. The molecule has 100 valence electrons. The first-order valence-electron chi connectivity index (χ1n) is 5.69. The normalized spacial score (nSPS) is 13.3. The van der Waals surface area contributed by atoms with E-state index in [1.165, 1.54) is 6.07 Å². The number of nitrogens with zero attached hydrogens (tertiary/aromatic N) is 1. The summed E-state index contributed by atoms with van der Waals surface area (Å²) in [6, 6.07) is 13.1. The highest BCUT2D eigenvalue weighted by molar-refractivity contribution is 6.20. The van der Waals surface area contributed by atoms with E-state index in [0.29, 0.717) is 5.69 Å². The van der Waals surface area contributed by atoms with E-state index in [9.17, 15) is 13.2 Å². The minimum atomic E-state index is -4.43. The van der Waals surface area contributed by atoms with Crippen LogP contribution in [0.15, 0.2) is 48.5 Å². The van der Waals surface area contributed by atoms with Crippen molar-refractivity contribution in [1.29, 1.82) is 0 Å².